The van der Waals surface area contributed by atoms with Crippen LogP contribution in [0.2, 0.25) is 0 Å². The lowest BCUT2D eigenvalue weighted by molar-refractivity contribution is -0.134. The van der Waals surface area contributed by atoms with E-state index in [4.69, 9.17) is 4.74 Å². The van der Waals surface area contributed by atoms with Gasteiger partial charge >= 0.3 is 5.97 Å². The Morgan fingerprint density at radius 2 is 1.67 bits per heavy atom. The molecule has 0 unspecified atom stereocenters. The van der Waals surface area contributed by atoms with Crippen molar-refractivity contribution in [3.05, 3.63) is 29.8 Å². The molecule has 0 aliphatic carbocycles. The van der Waals surface area contributed by atoms with Crippen LogP contribution in [0.5, 0.6) is 5.75 Å². The Bertz CT molecular complexity index is 371. The molecule has 0 amide bonds. The SMILES string of the molecule is CCCCCCCC(=O)Oc1cc(F)cc(F)c1. The highest BCUT2D eigenvalue weighted by molar-refractivity contribution is 5.72. The molecular formula is C14H18F2O2. The van der Waals surface area contributed by atoms with Gasteiger partial charge in [0.1, 0.15) is 17.4 Å². The molecule has 0 spiro atoms. The van der Waals surface area contributed by atoms with Crippen molar-refractivity contribution in [2.75, 3.05) is 0 Å². The van der Waals surface area contributed by atoms with Gasteiger partial charge in [-0.05, 0) is 6.42 Å². The average Bonchev–Trinajstić information content (AvgIpc) is 2.27. The fraction of sp³-hybridized carbons (Fsp3) is 0.500. The number of ether oxygens (including phenoxy) is 1. The lowest BCUT2D eigenvalue weighted by Gasteiger charge is -2.04. The van der Waals surface area contributed by atoms with Crippen molar-refractivity contribution in [3.63, 3.8) is 0 Å². The van der Waals surface area contributed by atoms with E-state index in [-0.39, 0.29) is 12.2 Å². The van der Waals surface area contributed by atoms with Gasteiger partial charge in [0.2, 0.25) is 0 Å². The van der Waals surface area contributed by atoms with Gasteiger partial charge in [-0.25, -0.2) is 8.78 Å². The molecule has 0 saturated carbocycles. The molecule has 100 valence electrons. The quantitative estimate of drug-likeness (QED) is 0.414. The average molecular weight is 256 g/mol. The Hall–Kier alpha value is -1.45. The first-order chi connectivity index (χ1) is 8.61. The molecule has 4 heteroatoms. The normalized spacial score (nSPS) is 10.4. The summed E-state index contributed by atoms with van der Waals surface area (Å²) in [5.41, 5.74) is 0. The second-order valence-corrected chi connectivity index (χ2v) is 4.24. The number of hydrogen-bond acceptors (Lipinski definition) is 2. The summed E-state index contributed by atoms with van der Waals surface area (Å²) in [5.74, 6) is -2.02. The van der Waals surface area contributed by atoms with Crippen molar-refractivity contribution in [2.45, 2.75) is 45.4 Å². The topological polar surface area (TPSA) is 26.3 Å². The predicted octanol–water partition coefficient (Wildman–Crippen LogP) is 4.23. The molecule has 1 rings (SSSR count). The predicted molar refractivity (Wildman–Crippen MR) is 65.4 cm³/mol. The minimum Gasteiger partial charge on any atom is -0.426 e. The van der Waals surface area contributed by atoms with Gasteiger partial charge in [-0.1, -0.05) is 32.6 Å². The number of benzene rings is 1. The summed E-state index contributed by atoms with van der Waals surface area (Å²) in [4.78, 5) is 11.4. The summed E-state index contributed by atoms with van der Waals surface area (Å²) < 4.78 is 30.5. The fourth-order valence-electron chi connectivity index (χ4n) is 1.64. The Kier molecular flexibility index (Phi) is 6.33. The maximum Gasteiger partial charge on any atom is 0.311 e. The van der Waals surface area contributed by atoms with Crippen LogP contribution in [0.15, 0.2) is 18.2 Å². The van der Waals surface area contributed by atoms with Gasteiger partial charge in [-0.15, -0.1) is 0 Å². The first-order valence-electron chi connectivity index (χ1n) is 6.28. The van der Waals surface area contributed by atoms with Crippen molar-refractivity contribution in [1.82, 2.24) is 0 Å². The van der Waals surface area contributed by atoms with Crippen LogP contribution in [-0.4, -0.2) is 5.97 Å². The smallest absolute Gasteiger partial charge is 0.311 e. The van der Waals surface area contributed by atoms with Crippen molar-refractivity contribution < 1.29 is 18.3 Å². The third-order valence-electron chi connectivity index (χ3n) is 2.55. The molecule has 0 atom stereocenters. The summed E-state index contributed by atoms with van der Waals surface area (Å²) in [5, 5.41) is 0. The lowest BCUT2D eigenvalue weighted by atomic mass is 10.1. The van der Waals surface area contributed by atoms with Crippen LogP contribution in [0.4, 0.5) is 8.78 Å². The molecule has 0 aliphatic heterocycles. The molecule has 2 nitrogen and oxygen atoms in total. The second-order valence-electron chi connectivity index (χ2n) is 4.24. The molecule has 18 heavy (non-hydrogen) atoms. The van der Waals surface area contributed by atoms with Crippen LogP contribution in [0, 0.1) is 11.6 Å². The van der Waals surface area contributed by atoms with E-state index in [9.17, 15) is 13.6 Å². The number of halogens is 2. The molecule has 0 heterocycles. The Balaban J connectivity index is 2.31. The second kappa shape index (κ2) is 7.80. The molecule has 0 radical (unpaired) electrons. The van der Waals surface area contributed by atoms with Crippen LogP contribution in [0.3, 0.4) is 0 Å². The monoisotopic (exact) mass is 256 g/mol. The molecule has 1 aromatic carbocycles. The minimum atomic E-state index is -0.749. The first-order valence-corrected chi connectivity index (χ1v) is 6.28. The van der Waals surface area contributed by atoms with Crippen molar-refractivity contribution in [3.8, 4) is 5.75 Å². The Morgan fingerprint density at radius 3 is 2.28 bits per heavy atom. The van der Waals surface area contributed by atoms with Crippen LogP contribution in [0.1, 0.15) is 45.4 Å². The summed E-state index contributed by atoms with van der Waals surface area (Å²) in [6.45, 7) is 2.12. The number of carbonyl (C=O) groups is 1. The molecular weight excluding hydrogens is 238 g/mol. The van der Waals surface area contributed by atoms with Crippen LogP contribution >= 0.6 is 0 Å². The number of unbranched alkanes of at least 4 members (excludes halogenated alkanes) is 4. The molecule has 0 aliphatic rings. The maximum absolute atomic E-state index is 12.8. The van der Waals surface area contributed by atoms with E-state index in [0.29, 0.717) is 0 Å². The molecule has 0 fully saturated rings. The summed E-state index contributed by atoms with van der Waals surface area (Å²) in [6.07, 6.45) is 5.40. The number of hydrogen-bond donors (Lipinski definition) is 0. The fourth-order valence-corrected chi connectivity index (χ4v) is 1.64. The summed E-state index contributed by atoms with van der Waals surface area (Å²) in [7, 11) is 0. The van der Waals surface area contributed by atoms with Gasteiger partial charge in [0.15, 0.2) is 0 Å². The third-order valence-corrected chi connectivity index (χ3v) is 2.55. The number of rotatable bonds is 7. The zero-order valence-corrected chi connectivity index (χ0v) is 10.5. The van der Waals surface area contributed by atoms with E-state index < -0.39 is 17.6 Å². The molecule has 0 N–H and O–H groups in total. The highest BCUT2D eigenvalue weighted by Gasteiger charge is 2.07. The molecule has 0 aromatic heterocycles. The zero-order valence-electron chi connectivity index (χ0n) is 10.5. The van der Waals surface area contributed by atoms with Crippen molar-refractivity contribution in [1.29, 1.82) is 0 Å². The highest BCUT2D eigenvalue weighted by atomic mass is 19.1. The largest absolute Gasteiger partial charge is 0.426 e. The first kappa shape index (κ1) is 14.6. The van der Waals surface area contributed by atoms with E-state index in [1.54, 1.807) is 0 Å². The maximum atomic E-state index is 12.8. The van der Waals surface area contributed by atoms with E-state index in [0.717, 1.165) is 50.3 Å². The van der Waals surface area contributed by atoms with Gasteiger partial charge in [-0.2, -0.15) is 0 Å². The molecule has 1 aromatic rings. The zero-order chi connectivity index (χ0) is 13.4. The van der Waals surface area contributed by atoms with Gasteiger partial charge < -0.3 is 4.74 Å². The van der Waals surface area contributed by atoms with E-state index >= 15 is 0 Å². The van der Waals surface area contributed by atoms with Crippen LogP contribution < -0.4 is 4.74 Å². The number of esters is 1. The van der Waals surface area contributed by atoms with E-state index in [1.165, 1.54) is 0 Å². The van der Waals surface area contributed by atoms with Gasteiger partial charge in [0.05, 0.1) is 0 Å². The lowest BCUT2D eigenvalue weighted by Crippen LogP contribution is -2.07. The van der Waals surface area contributed by atoms with E-state index in [2.05, 4.69) is 6.92 Å². The van der Waals surface area contributed by atoms with Crippen molar-refractivity contribution >= 4 is 5.97 Å². The molecule has 0 saturated heterocycles. The van der Waals surface area contributed by atoms with Crippen molar-refractivity contribution in [2.24, 2.45) is 0 Å². The van der Waals surface area contributed by atoms with Gasteiger partial charge in [0.25, 0.3) is 0 Å². The third kappa shape index (κ3) is 5.75. The van der Waals surface area contributed by atoms with E-state index in [1.807, 2.05) is 0 Å². The number of carbonyl (C=O) groups excluding carboxylic acids is 1. The highest BCUT2D eigenvalue weighted by Crippen LogP contribution is 2.16. The Morgan fingerprint density at radius 1 is 1.06 bits per heavy atom. The minimum absolute atomic E-state index is 0.0777. The standard InChI is InChI=1S/C14H18F2O2/c1-2-3-4-5-6-7-14(17)18-13-9-11(15)8-12(16)10-13/h8-10H,2-7H2,1H3. The van der Waals surface area contributed by atoms with Gasteiger partial charge in [0, 0.05) is 24.6 Å². The summed E-state index contributed by atoms with van der Waals surface area (Å²) in [6, 6.07) is 2.73. The van der Waals surface area contributed by atoms with Crippen LogP contribution in [0.25, 0.3) is 0 Å². The summed E-state index contributed by atoms with van der Waals surface area (Å²) >= 11 is 0. The molecule has 0 bridgehead atoms. The Labute approximate surface area is 106 Å². The van der Waals surface area contributed by atoms with Crippen LogP contribution in [-0.2, 0) is 4.79 Å². The van der Waals surface area contributed by atoms with Gasteiger partial charge in [-0.3, -0.25) is 4.79 Å².